The van der Waals surface area contributed by atoms with E-state index in [4.69, 9.17) is 21.1 Å². The standard InChI is InChI=1S/C28H33ClFN3O5/c1-17-12-23(19-4-2-3-5-22(19)31-17)38-16-26(36)33-28-10-8-27(9-11-28,14-24(28)34)32-25(35)15-37-18-6-7-20(29)21(30)13-18/h2-7,13,17,23-24,31,34H,8-12,14-16H2,1H3,(H,32,35)(H,33,36)/t17?,23?,24-,27?,28?/m0/s1. The first kappa shape index (κ1) is 26.7. The second-order valence-corrected chi connectivity index (χ2v) is 11.2. The number of amides is 2. The number of hydrogen-bond donors (Lipinski definition) is 4. The smallest absolute Gasteiger partial charge is 0.258 e. The number of para-hydroxylation sites is 1. The van der Waals surface area contributed by atoms with Gasteiger partial charge in [0.2, 0.25) is 5.91 Å². The molecule has 10 heteroatoms. The topological polar surface area (TPSA) is 109 Å². The van der Waals surface area contributed by atoms with Gasteiger partial charge in [-0.05, 0) is 63.6 Å². The van der Waals surface area contributed by atoms with Crippen LogP contribution in [0.5, 0.6) is 5.75 Å². The molecule has 0 saturated heterocycles. The minimum absolute atomic E-state index is 0.0209. The van der Waals surface area contributed by atoms with Gasteiger partial charge in [-0.15, -0.1) is 0 Å². The summed E-state index contributed by atoms with van der Waals surface area (Å²) in [6, 6.07) is 12.2. The molecule has 8 nitrogen and oxygen atoms in total. The van der Waals surface area contributed by atoms with Gasteiger partial charge in [0.05, 0.1) is 22.8 Å². The molecular weight excluding hydrogens is 513 g/mol. The van der Waals surface area contributed by atoms with E-state index in [2.05, 4.69) is 22.9 Å². The zero-order valence-electron chi connectivity index (χ0n) is 21.3. The molecule has 3 fully saturated rings. The number of aliphatic hydroxyl groups excluding tert-OH is 1. The van der Waals surface area contributed by atoms with E-state index in [1.807, 2.05) is 24.3 Å². The van der Waals surface area contributed by atoms with Crippen LogP contribution in [0, 0.1) is 5.82 Å². The average Bonchev–Trinajstić information content (AvgIpc) is 2.89. The summed E-state index contributed by atoms with van der Waals surface area (Å²) in [5.41, 5.74) is 0.763. The van der Waals surface area contributed by atoms with Gasteiger partial charge in [-0.1, -0.05) is 29.8 Å². The summed E-state index contributed by atoms with van der Waals surface area (Å²) in [5, 5.41) is 20.5. The van der Waals surface area contributed by atoms with Crippen molar-refractivity contribution in [2.24, 2.45) is 0 Å². The molecule has 6 rings (SSSR count). The summed E-state index contributed by atoms with van der Waals surface area (Å²) in [5.74, 6) is -1.02. The number of carbonyl (C=O) groups excluding carboxylic acids is 2. The molecular formula is C28H33ClFN3O5. The number of fused-ring (bicyclic) bond motifs is 4. The molecule has 2 amide bonds. The fourth-order valence-electron chi connectivity index (χ4n) is 6.04. The monoisotopic (exact) mass is 545 g/mol. The van der Waals surface area contributed by atoms with Gasteiger partial charge in [0.25, 0.3) is 5.91 Å². The molecule has 3 aliphatic carbocycles. The van der Waals surface area contributed by atoms with Crippen LogP contribution in [-0.4, -0.2) is 53.4 Å². The van der Waals surface area contributed by atoms with Crippen LogP contribution in [0.2, 0.25) is 5.02 Å². The van der Waals surface area contributed by atoms with Gasteiger partial charge in [0, 0.05) is 28.9 Å². The molecule has 4 aliphatic rings. The maximum absolute atomic E-state index is 13.6. The number of aliphatic hydroxyl groups is 1. The Morgan fingerprint density at radius 3 is 2.58 bits per heavy atom. The molecule has 2 unspecified atom stereocenters. The molecule has 1 heterocycles. The Kier molecular flexibility index (Phi) is 7.53. The normalized spacial score (nSPS) is 29.6. The van der Waals surface area contributed by atoms with Crippen LogP contribution < -0.4 is 20.7 Å². The van der Waals surface area contributed by atoms with Gasteiger partial charge in [0.1, 0.15) is 18.2 Å². The Hall–Kier alpha value is -2.88. The van der Waals surface area contributed by atoms with Gasteiger partial charge in [0.15, 0.2) is 6.61 Å². The zero-order valence-corrected chi connectivity index (χ0v) is 22.0. The second kappa shape index (κ2) is 10.7. The molecule has 0 spiro atoms. The van der Waals surface area contributed by atoms with E-state index >= 15 is 0 Å². The molecule has 4 N–H and O–H groups in total. The van der Waals surface area contributed by atoms with Crippen molar-refractivity contribution >= 4 is 29.1 Å². The first-order valence-electron chi connectivity index (χ1n) is 13.0. The van der Waals surface area contributed by atoms with Crippen LogP contribution in [0.3, 0.4) is 0 Å². The lowest BCUT2D eigenvalue weighted by atomic mass is 9.60. The van der Waals surface area contributed by atoms with Gasteiger partial charge >= 0.3 is 0 Å². The van der Waals surface area contributed by atoms with Crippen LogP contribution in [0.1, 0.15) is 57.1 Å². The highest BCUT2D eigenvalue weighted by atomic mass is 35.5. The first-order valence-corrected chi connectivity index (χ1v) is 13.4. The number of hydrogen-bond acceptors (Lipinski definition) is 6. The highest BCUT2D eigenvalue weighted by Gasteiger charge is 2.55. The maximum atomic E-state index is 13.6. The number of ether oxygens (including phenoxy) is 2. The van der Waals surface area contributed by atoms with Crippen LogP contribution in [0.15, 0.2) is 42.5 Å². The summed E-state index contributed by atoms with van der Waals surface area (Å²) >= 11 is 5.68. The summed E-state index contributed by atoms with van der Waals surface area (Å²) < 4.78 is 25.0. The van der Waals surface area contributed by atoms with E-state index in [-0.39, 0.29) is 47.9 Å². The van der Waals surface area contributed by atoms with E-state index in [1.54, 1.807) is 0 Å². The zero-order chi connectivity index (χ0) is 26.9. The third-order valence-corrected chi connectivity index (χ3v) is 8.37. The van der Waals surface area contributed by atoms with Crippen LogP contribution >= 0.6 is 11.6 Å². The minimum Gasteiger partial charge on any atom is -0.484 e. The minimum atomic E-state index is -0.805. The van der Waals surface area contributed by atoms with E-state index in [9.17, 15) is 19.1 Å². The quantitative estimate of drug-likeness (QED) is 0.401. The van der Waals surface area contributed by atoms with Crippen molar-refractivity contribution in [1.29, 1.82) is 0 Å². The SMILES string of the molecule is CC1CC(OCC(=O)NC23CCC(NC(=O)COc4ccc(Cl)c(F)c4)(CC2)C[C@@H]3O)c2ccccc2N1. The Morgan fingerprint density at radius 2 is 1.84 bits per heavy atom. The first-order chi connectivity index (χ1) is 18.2. The summed E-state index contributed by atoms with van der Waals surface area (Å²) in [6.07, 6.45) is 2.42. The third kappa shape index (κ3) is 5.60. The Labute approximate surface area is 226 Å². The van der Waals surface area contributed by atoms with Crippen molar-refractivity contribution in [2.75, 3.05) is 18.5 Å². The Balaban J connectivity index is 1.12. The molecule has 0 radical (unpaired) electrons. The largest absolute Gasteiger partial charge is 0.484 e. The Morgan fingerprint density at radius 1 is 1.11 bits per heavy atom. The van der Waals surface area contributed by atoms with E-state index in [1.165, 1.54) is 12.1 Å². The maximum Gasteiger partial charge on any atom is 0.258 e. The molecule has 3 saturated carbocycles. The summed E-state index contributed by atoms with van der Waals surface area (Å²) in [4.78, 5) is 25.5. The van der Waals surface area contributed by atoms with Gasteiger partial charge in [-0.2, -0.15) is 0 Å². The molecule has 3 atom stereocenters. The molecule has 2 aromatic carbocycles. The predicted molar refractivity (Wildman–Crippen MR) is 141 cm³/mol. The van der Waals surface area contributed by atoms with E-state index < -0.39 is 23.0 Å². The van der Waals surface area contributed by atoms with Gasteiger partial charge in [-0.25, -0.2) is 4.39 Å². The summed E-state index contributed by atoms with van der Waals surface area (Å²) in [6.45, 7) is 1.71. The number of halogens is 2. The molecule has 2 aromatic rings. The third-order valence-electron chi connectivity index (χ3n) is 8.07. The number of rotatable bonds is 8. The van der Waals surface area contributed by atoms with E-state index in [0.717, 1.165) is 23.7 Å². The van der Waals surface area contributed by atoms with Crippen LogP contribution in [0.4, 0.5) is 10.1 Å². The van der Waals surface area contributed by atoms with Crippen molar-refractivity contribution in [3.63, 3.8) is 0 Å². The lowest BCUT2D eigenvalue weighted by molar-refractivity contribution is -0.140. The molecule has 0 aromatic heterocycles. The van der Waals surface area contributed by atoms with Crippen LogP contribution in [0.25, 0.3) is 0 Å². The van der Waals surface area contributed by atoms with Crippen molar-refractivity contribution in [2.45, 2.75) is 74.8 Å². The van der Waals surface area contributed by atoms with Crippen molar-refractivity contribution in [3.05, 3.63) is 58.9 Å². The fraction of sp³-hybridized carbons (Fsp3) is 0.500. The number of anilines is 1. The lowest BCUT2D eigenvalue weighted by Gasteiger charge is -2.56. The average molecular weight is 546 g/mol. The molecule has 1 aliphatic heterocycles. The van der Waals surface area contributed by atoms with Gasteiger partial charge in [-0.3, -0.25) is 9.59 Å². The highest BCUT2D eigenvalue weighted by Crippen LogP contribution is 2.47. The number of nitrogens with one attached hydrogen (secondary N) is 3. The van der Waals surface area contributed by atoms with E-state index in [0.29, 0.717) is 32.1 Å². The number of carbonyl (C=O) groups is 2. The van der Waals surface area contributed by atoms with Gasteiger partial charge < -0.3 is 30.5 Å². The molecule has 2 bridgehead atoms. The summed E-state index contributed by atoms with van der Waals surface area (Å²) in [7, 11) is 0. The highest BCUT2D eigenvalue weighted by molar-refractivity contribution is 6.30. The number of benzene rings is 2. The predicted octanol–water partition coefficient (Wildman–Crippen LogP) is 3.87. The molecule has 38 heavy (non-hydrogen) atoms. The van der Waals surface area contributed by atoms with Crippen molar-refractivity contribution in [1.82, 2.24) is 10.6 Å². The van der Waals surface area contributed by atoms with Crippen molar-refractivity contribution in [3.8, 4) is 5.75 Å². The van der Waals surface area contributed by atoms with Crippen molar-refractivity contribution < 1.29 is 28.6 Å². The molecule has 204 valence electrons. The Bertz CT molecular complexity index is 1200. The van der Waals surface area contributed by atoms with Crippen LogP contribution in [-0.2, 0) is 14.3 Å². The second-order valence-electron chi connectivity index (χ2n) is 10.8. The fourth-order valence-corrected chi connectivity index (χ4v) is 6.16. The lowest BCUT2D eigenvalue weighted by Crippen LogP contribution is -2.70.